The largest absolute Gasteiger partial charge is 0.371 e. The zero-order chi connectivity index (χ0) is 13.1. The molecule has 0 aromatic heterocycles. The third-order valence-electron chi connectivity index (χ3n) is 3.96. The molecule has 0 radical (unpaired) electrons. The lowest BCUT2D eigenvalue weighted by molar-refractivity contribution is 0.494. The van der Waals surface area contributed by atoms with Crippen LogP contribution >= 0.6 is 15.9 Å². The average Bonchev–Trinajstić information content (AvgIpc) is 2.68. The lowest BCUT2D eigenvalue weighted by Crippen LogP contribution is -2.19. The van der Waals surface area contributed by atoms with Crippen molar-refractivity contribution in [3.63, 3.8) is 0 Å². The zero-order valence-electron chi connectivity index (χ0n) is 11.5. The molecule has 1 saturated heterocycles. The fourth-order valence-corrected chi connectivity index (χ4v) is 2.98. The first-order valence-corrected chi connectivity index (χ1v) is 7.65. The molecule has 1 aromatic rings. The minimum atomic E-state index is 0.796. The van der Waals surface area contributed by atoms with Gasteiger partial charge in [0.25, 0.3) is 0 Å². The molecule has 2 rings (SSSR count). The zero-order valence-corrected chi connectivity index (χ0v) is 13.1. The minimum Gasteiger partial charge on any atom is -0.371 e. The molecule has 0 bridgehead atoms. The van der Waals surface area contributed by atoms with E-state index in [2.05, 4.69) is 65.1 Å². The lowest BCUT2D eigenvalue weighted by atomic mass is 10.0. The van der Waals surface area contributed by atoms with Gasteiger partial charge in [-0.05, 0) is 36.1 Å². The topological polar surface area (TPSA) is 15.3 Å². The summed E-state index contributed by atoms with van der Waals surface area (Å²) in [5, 5.41) is 3.36. The van der Waals surface area contributed by atoms with Crippen LogP contribution in [0.15, 0.2) is 22.7 Å². The van der Waals surface area contributed by atoms with Crippen LogP contribution < -0.4 is 10.2 Å². The van der Waals surface area contributed by atoms with Crippen LogP contribution in [-0.4, -0.2) is 19.6 Å². The summed E-state index contributed by atoms with van der Waals surface area (Å²) in [5.41, 5.74) is 2.68. The van der Waals surface area contributed by atoms with E-state index in [0.717, 1.165) is 24.9 Å². The molecule has 0 amide bonds. The molecule has 2 unspecified atom stereocenters. The summed E-state index contributed by atoms with van der Waals surface area (Å²) in [4.78, 5) is 2.50. The maximum atomic E-state index is 3.69. The average molecular weight is 311 g/mol. The molecule has 2 nitrogen and oxygen atoms in total. The van der Waals surface area contributed by atoms with Crippen LogP contribution in [0.3, 0.4) is 0 Å². The maximum absolute atomic E-state index is 3.69. The van der Waals surface area contributed by atoms with Crippen molar-refractivity contribution in [2.24, 2.45) is 11.8 Å². The third-order valence-corrected chi connectivity index (χ3v) is 4.69. The van der Waals surface area contributed by atoms with Gasteiger partial charge in [-0.15, -0.1) is 0 Å². The molecule has 0 saturated carbocycles. The summed E-state index contributed by atoms with van der Waals surface area (Å²) in [6.07, 6.45) is 0. The van der Waals surface area contributed by atoms with Gasteiger partial charge in [0.1, 0.15) is 0 Å². The summed E-state index contributed by atoms with van der Waals surface area (Å²) in [7, 11) is 0. The number of nitrogens with one attached hydrogen (secondary N) is 1. The summed E-state index contributed by atoms with van der Waals surface area (Å²) in [6, 6.07) is 6.75. The van der Waals surface area contributed by atoms with Crippen molar-refractivity contribution < 1.29 is 0 Å². The Morgan fingerprint density at radius 3 is 2.50 bits per heavy atom. The highest BCUT2D eigenvalue weighted by Crippen LogP contribution is 2.30. The van der Waals surface area contributed by atoms with Gasteiger partial charge >= 0.3 is 0 Å². The van der Waals surface area contributed by atoms with Crippen molar-refractivity contribution in [3.05, 3.63) is 28.2 Å². The van der Waals surface area contributed by atoms with Gasteiger partial charge in [-0.2, -0.15) is 0 Å². The van der Waals surface area contributed by atoms with Crippen LogP contribution in [0.5, 0.6) is 0 Å². The van der Waals surface area contributed by atoms with Crippen LogP contribution in [0.2, 0.25) is 0 Å². The van der Waals surface area contributed by atoms with Crippen LogP contribution in [0.4, 0.5) is 5.69 Å². The quantitative estimate of drug-likeness (QED) is 0.913. The van der Waals surface area contributed by atoms with E-state index in [4.69, 9.17) is 0 Å². The fourth-order valence-electron chi connectivity index (χ4n) is 2.48. The Kier molecular flexibility index (Phi) is 4.68. The standard InChI is InChI=1S/C15H23BrN2/c1-4-17-8-13-5-6-14(7-15(13)16)18-9-11(2)12(3)10-18/h5-7,11-12,17H,4,8-10H2,1-3H3. The van der Waals surface area contributed by atoms with Crippen LogP contribution in [0.25, 0.3) is 0 Å². The van der Waals surface area contributed by atoms with E-state index in [9.17, 15) is 0 Å². The molecular weight excluding hydrogens is 288 g/mol. The number of rotatable bonds is 4. The van der Waals surface area contributed by atoms with Gasteiger partial charge in [0.05, 0.1) is 0 Å². The molecule has 3 heteroatoms. The number of hydrogen-bond acceptors (Lipinski definition) is 2. The Morgan fingerprint density at radius 1 is 1.28 bits per heavy atom. The highest BCUT2D eigenvalue weighted by molar-refractivity contribution is 9.10. The lowest BCUT2D eigenvalue weighted by Gasteiger charge is -2.19. The Balaban J connectivity index is 2.09. The van der Waals surface area contributed by atoms with Crippen LogP contribution in [-0.2, 0) is 6.54 Å². The molecule has 1 fully saturated rings. The van der Waals surface area contributed by atoms with Crippen molar-refractivity contribution in [2.45, 2.75) is 27.3 Å². The minimum absolute atomic E-state index is 0.796. The monoisotopic (exact) mass is 310 g/mol. The first-order valence-electron chi connectivity index (χ1n) is 6.86. The number of hydrogen-bond donors (Lipinski definition) is 1. The molecule has 0 aliphatic carbocycles. The van der Waals surface area contributed by atoms with Crippen molar-refractivity contribution >= 4 is 21.6 Å². The highest BCUT2D eigenvalue weighted by atomic mass is 79.9. The van der Waals surface area contributed by atoms with E-state index in [1.54, 1.807) is 0 Å². The molecule has 0 spiro atoms. The van der Waals surface area contributed by atoms with Crippen LogP contribution in [0, 0.1) is 11.8 Å². The first-order chi connectivity index (χ1) is 8.61. The molecule has 100 valence electrons. The van der Waals surface area contributed by atoms with E-state index in [1.165, 1.54) is 28.8 Å². The van der Waals surface area contributed by atoms with Gasteiger partial charge in [-0.3, -0.25) is 0 Å². The van der Waals surface area contributed by atoms with Gasteiger partial charge in [-0.25, -0.2) is 0 Å². The van der Waals surface area contributed by atoms with Gasteiger partial charge in [0.2, 0.25) is 0 Å². The second-order valence-corrected chi connectivity index (χ2v) is 6.27. The van der Waals surface area contributed by atoms with E-state index >= 15 is 0 Å². The summed E-state index contributed by atoms with van der Waals surface area (Å²) >= 11 is 3.69. The highest BCUT2D eigenvalue weighted by Gasteiger charge is 2.26. The SMILES string of the molecule is CCNCc1ccc(N2CC(C)C(C)C2)cc1Br. The molecule has 1 aliphatic heterocycles. The van der Waals surface area contributed by atoms with Crippen molar-refractivity contribution in [2.75, 3.05) is 24.5 Å². The normalized spacial score (nSPS) is 23.7. The second kappa shape index (κ2) is 6.07. The smallest absolute Gasteiger partial charge is 0.0377 e. The molecule has 1 aromatic carbocycles. The molecule has 1 heterocycles. The van der Waals surface area contributed by atoms with Crippen molar-refractivity contribution in [1.82, 2.24) is 5.32 Å². The number of benzene rings is 1. The number of nitrogens with zero attached hydrogens (tertiary/aromatic N) is 1. The molecule has 1 N–H and O–H groups in total. The van der Waals surface area contributed by atoms with Gasteiger partial charge in [0.15, 0.2) is 0 Å². The van der Waals surface area contributed by atoms with E-state index in [0.29, 0.717) is 0 Å². The number of halogens is 1. The van der Waals surface area contributed by atoms with E-state index in [1.807, 2.05) is 0 Å². The molecule has 2 atom stereocenters. The Hall–Kier alpha value is -0.540. The Bertz CT molecular complexity index is 395. The predicted molar refractivity (Wildman–Crippen MR) is 82.1 cm³/mol. The summed E-state index contributed by atoms with van der Waals surface area (Å²) in [6.45, 7) is 11.1. The second-order valence-electron chi connectivity index (χ2n) is 5.42. The summed E-state index contributed by atoms with van der Waals surface area (Å²) < 4.78 is 1.22. The molecule has 1 aliphatic rings. The van der Waals surface area contributed by atoms with Crippen molar-refractivity contribution in [1.29, 1.82) is 0 Å². The van der Waals surface area contributed by atoms with Gasteiger partial charge < -0.3 is 10.2 Å². The third kappa shape index (κ3) is 3.07. The Morgan fingerprint density at radius 2 is 1.94 bits per heavy atom. The first kappa shape index (κ1) is 13.9. The predicted octanol–water partition coefficient (Wildman–Crippen LogP) is 3.65. The van der Waals surface area contributed by atoms with Crippen molar-refractivity contribution in [3.8, 4) is 0 Å². The fraction of sp³-hybridized carbons (Fsp3) is 0.600. The van der Waals surface area contributed by atoms with Gasteiger partial charge in [-0.1, -0.05) is 42.8 Å². The maximum Gasteiger partial charge on any atom is 0.0377 e. The van der Waals surface area contributed by atoms with E-state index in [-0.39, 0.29) is 0 Å². The Labute approximate surface area is 119 Å². The summed E-state index contributed by atoms with van der Waals surface area (Å²) in [5.74, 6) is 1.59. The molecular formula is C15H23BrN2. The number of anilines is 1. The molecule has 18 heavy (non-hydrogen) atoms. The van der Waals surface area contributed by atoms with Crippen LogP contribution in [0.1, 0.15) is 26.3 Å². The van der Waals surface area contributed by atoms with E-state index < -0.39 is 0 Å². The van der Waals surface area contributed by atoms with Gasteiger partial charge in [0, 0.05) is 29.8 Å².